The number of rotatable bonds is 1. The second-order valence-corrected chi connectivity index (χ2v) is 4.70. The molecule has 4 nitrogen and oxygen atoms in total. The lowest BCUT2D eigenvalue weighted by atomic mass is 10.2. The van der Waals surface area contributed by atoms with Crippen molar-refractivity contribution in [1.82, 2.24) is 14.9 Å². The Labute approximate surface area is 118 Å². The Bertz CT molecular complexity index is 658. The van der Waals surface area contributed by atoms with E-state index in [1.807, 2.05) is 6.07 Å². The Balaban J connectivity index is 1.78. The number of carbonyl (C=O) groups excluding carboxylic acids is 1. The Kier molecular flexibility index (Phi) is 3.12. The van der Waals surface area contributed by atoms with Crippen LogP contribution in [0.5, 0.6) is 0 Å². The zero-order chi connectivity index (χ0) is 15.0. The van der Waals surface area contributed by atoms with Gasteiger partial charge in [-0.3, -0.25) is 14.8 Å². The third-order valence-corrected chi connectivity index (χ3v) is 3.27. The first-order valence-corrected chi connectivity index (χ1v) is 6.20. The van der Waals surface area contributed by atoms with Gasteiger partial charge < -0.3 is 4.90 Å². The molecule has 108 valence electrons. The minimum Gasteiger partial charge on any atom is -0.328 e. The van der Waals surface area contributed by atoms with E-state index in [2.05, 4.69) is 9.97 Å². The highest BCUT2D eigenvalue weighted by Crippen LogP contribution is 2.28. The van der Waals surface area contributed by atoms with Crippen molar-refractivity contribution in [2.24, 2.45) is 0 Å². The van der Waals surface area contributed by atoms with Crippen molar-refractivity contribution >= 4 is 5.91 Å². The Morgan fingerprint density at radius 3 is 2.57 bits per heavy atom. The summed E-state index contributed by atoms with van der Waals surface area (Å²) in [5.74, 6) is -0.353. The topological polar surface area (TPSA) is 46.1 Å². The molecular formula is C14H10F3N3O. The van der Waals surface area contributed by atoms with Crippen molar-refractivity contribution in [2.45, 2.75) is 19.3 Å². The van der Waals surface area contributed by atoms with Crippen molar-refractivity contribution in [3.05, 3.63) is 59.2 Å². The van der Waals surface area contributed by atoms with E-state index in [9.17, 15) is 18.0 Å². The normalized spacial score (nSPS) is 14.1. The van der Waals surface area contributed by atoms with Crippen LogP contribution in [0, 0.1) is 0 Å². The predicted molar refractivity (Wildman–Crippen MR) is 67.1 cm³/mol. The zero-order valence-electron chi connectivity index (χ0n) is 10.8. The van der Waals surface area contributed by atoms with Gasteiger partial charge in [-0.1, -0.05) is 6.07 Å². The fourth-order valence-electron chi connectivity index (χ4n) is 2.21. The van der Waals surface area contributed by atoms with Crippen LogP contribution in [0.1, 0.15) is 27.3 Å². The lowest BCUT2D eigenvalue weighted by molar-refractivity contribution is -0.141. The first-order chi connectivity index (χ1) is 9.95. The highest BCUT2D eigenvalue weighted by atomic mass is 19.4. The molecular weight excluding hydrogens is 283 g/mol. The maximum atomic E-state index is 12.4. The molecule has 2 aromatic heterocycles. The number of nitrogens with zero attached hydrogens (tertiary/aromatic N) is 3. The molecule has 0 saturated carbocycles. The number of pyridine rings is 2. The summed E-state index contributed by atoms with van der Waals surface area (Å²) in [6, 6.07) is 5.62. The molecule has 1 amide bonds. The smallest absolute Gasteiger partial charge is 0.328 e. The molecule has 21 heavy (non-hydrogen) atoms. The first kappa shape index (κ1) is 13.5. The monoisotopic (exact) mass is 293 g/mol. The van der Waals surface area contributed by atoms with Gasteiger partial charge in [-0.05, 0) is 23.8 Å². The molecule has 1 aliphatic heterocycles. The Morgan fingerprint density at radius 2 is 1.95 bits per heavy atom. The van der Waals surface area contributed by atoms with Crippen LogP contribution >= 0.6 is 0 Å². The number of hydrogen-bond donors (Lipinski definition) is 0. The summed E-state index contributed by atoms with van der Waals surface area (Å²) in [5, 5.41) is 0. The number of halogens is 3. The van der Waals surface area contributed by atoms with E-state index in [-0.39, 0.29) is 11.5 Å². The molecule has 3 heterocycles. The van der Waals surface area contributed by atoms with Gasteiger partial charge in [0.1, 0.15) is 5.69 Å². The minimum atomic E-state index is -4.50. The highest BCUT2D eigenvalue weighted by molar-refractivity contribution is 5.94. The van der Waals surface area contributed by atoms with Crippen LogP contribution < -0.4 is 0 Å². The van der Waals surface area contributed by atoms with Crippen molar-refractivity contribution < 1.29 is 18.0 Å². The average Bonchev–Trinajstić information content (AvgIpc) is 2.89. The van der Waals surface area contributed by atoms with E-state index in [4.69, 9.17) is 0 Å². The van der Waals surface area contributed by atoms with E-state index < -0.39 is 11.9 Å². The van der Waals surface area contributed by atoms with E-state index in [0.29, 0.717) is 13.1 Å². The van der Waals surface area contributed by atoms with Gasteiger partial charge in [-0.15, -0.1) is 0 Å². The largest absolute Gasteiger partial charge is 0.433 e. The maximum Gasteiger partial charge on any atom is 0.433 e. The highest BCUT2D eigenvalue weighted by Gasteiger charge is 2.32. The number of hydrogen-bond acceptors (Lipinski definition) is 3. The number of amides is 1. The van der Waals surface area contributed by atoms with E-state index in [1.165, 1.54) is 4.90 Å². The molecule has 0 unspecified atom stereocenters. The molecule has 1 aliphatic rings. The van der Waals surface area contributed by atoms with Crippen LogP contribution in [0.2, 0.25) is 0 Å². The fourth-order valence-corrected chi connectivity index (χ4v) is 2.21. The maximum absolute atomic E-state index is 12.4. The first-order valence-electron chi connectivity index (χ1n) is 6.20. The molecule has 0 bridgehead atoms. The summed E-state index contributed by atoms with van der Waals surface area (Å²) in [6.07, 6.45) is -1.90. The van der Waals surface area contributed by atoms with Gasteiger partial charge in [0.05, 0.1) is 17.8 Å². The van der Waals surface area contributed by atoms with Crippen LogP contribution in [0.15, 0.2) is 36.7 Å². The minimum absolute atomic E-state index is 0.135. The number of carbonyl (C=O) groups is 1. The molecule has 2 aromatic rings. The fraction of sp³-hybridized carbons (Fsp3) is 0.214. The van der Waals surface area contributed by atoms with Crippen LogP contribution in [-0.2, 0) is 19.3 Å². The lowest BCUT2D eigenvalue weighted by Crippen LogP contribution is -2.25. The van der Waals surface area contributed by atoms with E-state index in [1.54, 1.807) is 12.3 Å². The zero-order valence-corrected chi connectivity index (χ0v) is 10.8. The summed E-state index contributed by atoms with van der Waals surface area (Å²) in [5.41, 5.74) is 0.887. The lowest BCUT2D eigenvalue weighted by Gasteiger charge is -2.15. The van der Waals surface area contributed by atoms with Gasteiger partial charge in [0.15, 0.2) is 0 Å². The molecule has 0 aliphatic carbocycles. The van der Waals surface area contributed by atoms with Crippen molar-refractivity contribution in [3.63, 3.8) is 0 Å². The van der Waals surface area contributed by atoms with Crippen LogP contribution in [0.3, 0.4) is 0 Å². The Morgan fingerprint density at radius 1 is 1.14 bits per heavy atom. The molecule has 0 atom stereocenters. The third kappa shape index (κ3) is 2.58. The number of alkyl halides is 3. The molecule has 0 N–H and O–H groups in total. The third-order valence-electron chi connectivity index (χ3n) is 3.27. The van der Waals surface area contributed by atoms with Gasteiger partial charge >= 0.3 is 6.18 Å². The van der Waals surface area contributed by atoms with Crippen molar-refractivity contribution in [2.75, 3.05) is 0 Å². The second kappa shape index (κ2) is 4.83. The average molecular weight is 293 g/mol. The SMILES string of the molecule is O=C(c1ccc(C(F)(F)F)nc1)N1Cc2cccnc2C1. The van der Waals surface area contributed by atoms with Gasteiger partial charge in [-0.2, -0.15) is 13.2 Å². The van der Waals surface area contributed by atoms with Crippen molar-refractivity contribution in [3.8, 4) is 0 Å². The van der Waals surface area contributed by atoms with Gasteiger partial charge in [0.25, 0.3) is 5.91 Å². The summed E-state index contributed by atoms with van der Waals surface area (Å²) < 4.78 is 37.3. The van der Waals surface area contributed by atoms with Gasteiger partial charge in [-0.25, -0.2) is 0 Å². The summed E-state index contributed by atoms with van der Waals surface area (Å²) in [6.45, 7) is 0.763. The van der Waals surface area contributed by atoms with Crippen LogP contribution in [0.25, 0.3) is 0 Å². The molecule has 0 radical (unpaired) electrons. The molecule has 0 saturated heterocycles. The molecule has 0 spiro atoms. The molecule has 0 fully saturated rings. The van der Waals surface area contributed by atoms with Gasteiger partial charge in [0.2, 0.25) is 0 Å². The second-order valence-electron chi connectivity index (χ2n) is 4.70. The van der Waals surface area contributed by atoms with Crippen LogP contribution in [0.4, 0.5) is 13.2 Å². The predicted octanol–water partition coefficient (Wildman–Crippen LogP) is 2.65. The quantitative estimate of drug-likeness (QED) is 0.812. The molecule has 0 aromatic carbocycles. The van der Waals surface area contributed by atoms with E-state index >= 15 is 0 Å². The summed E-state index contributed by atoms with van der Waals surface area (Å²) >= 11 is 0. The summed E-state index contributed by atoms with van der Waals surface area (Å²) in [4.78, 5) is 21.3. The number of fused-ring (bicyclic) bond motifs is 1. The molecule has 7 heteroatoms. The number of aromatic nitrogens is 2. The molecule has 3 rings (SSSR count). The van der Waals surface area contributed by atoms with E-state index in [0.717, 1.165) is 29.6 Å². The van der Waals surface area contributed by atoms with Crippen molar-refractivity contribution in [1.29, 1.82) is 0 Å². The summed E-state index contributed by atoms with van der Waals surface area (Å²) in [7, 11) is 0. The standard InChI is InChI=1S/C14H10F3N3O/c15-14(16,17)12-4-3-9(6-19-12)13(21)20-7-10-2-1-5-18-11(10)8-20/h1-6H,7-8H2. The van der Waals surface area contributed by atoms with Crippen LogP contribution in [-0.4, -0.2) is 20.8 Å². The van der Waals surface area contributed by atoms with Gasteiger partial charge in [0, 0.05) is 18.9 Å². The Hall–Kier alpha value is -2.44.